The summed E-state index contributed by atoms with van der Waals surface area (Å²) in [7, 11) is -3.05. The lowest BCUT2D eigenvalue weighted by Gasteiger charge is -2.08. The lowest BCUT2D eigenvalue weighted by molar-refractivity contribution is 0.0690. The average Bonchev–Trinajstić information content (AvgIpc) is 2.86. The number of hydrogen-bond donors (Lipinski definition) is 2. The van der Waals surface area contributed by atoms with Gasteiger partial charge in [0.05, 0.1) is 18.5 Å². The molecule has 98 valence electrons. The average molecular weight is 272 g/mol. The first-order valence-corrected chi connectivity index (χ1v) is 6.95. The number of aromatic carboxylic acids is 1. The number of carbonyl (C=O) groups is 1. The lowest BCUT2D eigenvalue weighted by Crippen LogP contribution is -2.32. The first-order chi connectivity index (χ1) is 8.46. The van der Waals surface area contributed by atoms with Crippen LogP contribution >= 0.6 is 0 Å². The topological polar surface area (TPSA) is 114 Å². The van der Waals surface area contributed by atoms with Crippen molar-refractivity contribution >= 4 is 15.8 Å². The molecular formula is C9H12N4O4S. The molecule has 0 aromatic carbocycles. The van der Waals surface area contributed by atoms with Gasteiger partial charge in [-0.05, 0) is 0 Å². The number of carboxylic acids is 1. The SMILES string of the molecule is O=C(O)c1cn(CCNC2C=CS(=O)(=O)C2)nn1. The molecule has 8 nitrogen and oxygen atoms in total. The highest BCUT2D eigenvalue weighted by atomic mass is 32.2. The van der Waals surface area contributed by atoms with E-state index in [9.17, 15) is 13.2 Å². The van der Waals surface area contributed by atoms with Crippen LogP contribution in [0.5, 0.6) is 0 Å². The summed E-state index contributed by atoms with van der Waals surface area (Å²) in [5.41, 5.74) is -0.113. The van der Waals surface area contributed by atoms with E-state index in [0.29, 0.717) is 13.1 Å². The van der Waals surface area contributed by atoms with E-state index in [1.807, 2.05) is 0 Å². The number of nitrogens with zero attached hydrogens (tertiary/aromatic N) is 3. The third-order valence-corrected chi connectivity index (χ3v) is 3.83. The molecule has 1 aromatic heterocycles. The van der Waals surface area contributed by atoms with E-state index in [0.717, 1.165) is 0 Å². The Hall–Kier alpha value is -1.74. The van der Waals surface area contributed by atoms with Crippen molar-refractivity contribution in [1.82, 2.24) is 20.3 Å². The normalized spacial score (nSPS) is 21.2. The van der Waals surface area contributed by atoms with Crippen LogP contribution in [0, 0.1) is 0 Å². The van der Waals surface area contributed by atoms with Gasteiger partial charge in [0.2, 0.25) is 0 Å². The fourth-order valence-electron chi connectivity index (χ4n) is 1.57. The van der Waals surface area contributed by atoms with Crippen molar-refractivity contribution in [2.45, 2.75) is 12.6 Å². The standard InChI is InChI=1S/C9H12N4O4S/c14-9(15)8-5-13(12-11-8)3-2-10-7-1-4-18(16,17)6-7/h1,4-5,7,10H,2-3,6H2,(H,14,15). The number of rotatable bonds is 5. The number of hydrogen-bond acceptors (Lipinski definition) is 6. The maximum absolute atomic E-state index is 11.1. The van der Waals surface area contributed by atoms with Gasteiger partial charge in [0.1, 0.15) is 0 Å². The summed E-state index contributed by atoms with van der Waals surface area (Å²) in [6, 6.07) is -0.197. The maximum atomic E-state index is 11.1. The van der Waals surface area contributed by atoms with Gasteiger partial charge in [-0.15, -0.1) is 5.10 Å². The van der Waals surface area contributed by atoms with E-state index in [1.165, 1.54) is 16.3 Å². The summed E-state index contributed by atoms with van der Waals surface area (Å²) >= 11 is 0. The molecule has 0 spiro atoms. The van der Waals surface area contributed by atoms with Gasteiger partial charge in [0, 0.05) is 18.0 Å². The summed E-state index contributed by atoms with van der Waals surface area (Å²) in [5, 5.41) is 20.0. The zero-order chi connectivity index (χ0) is 13.2. The quantitative estimate of drug-likeness (QED) is 0.697. The van der Waals surface area contributed by atoms with Crippen LogP contribution in [0.4, 0.5) is 0 Å². The van der Waals surface area contributed by atoms with Crippen molar-refractivity contribution in [2.75, 3.05) is 12.3 Å². The predicted octanol–water partition coefficient (Wildman–Crippen LogP) is -1.12. The van der Waals surface area contributed by atoms with Crippen LogP contribution in [-0.2, 0) is 16.4 Å². The van der Waals surface area contributed by atoms with Gasteiger partial charge >= 0.3 is 5.97 Å². The molecule has 2 heterocycles. The molecule has 0 saturated heterocycles. The third-order valence-electron chi connectivity index (χ3n) is 2.44. The summed E-state index contributed by atoms with van der Waals surface area (Å²) < 4.78 is 23.7. The number of nitrogens with one attached hydrogen (secondary N) is 1. The minimum atomic E-state index is -3.05. The fourth-order valence-corrected chi connectivity index (χ4v) is 2.84. The van der Waals surface area contributed by atoms with Gasteiger partial charge in [-0.25, -0.2) is 13.2 Å². The van der Waals surface area contributed by atoms with E-state index < -0.39 is 15.8 Å². The molecule has 1 unspecified atom stereocenters. The summed E-state index contributed by atoms with van der Waals surface area (Å²) in [6.07, 6.45) is 2.92. The Balaban J connectivity index is 1.79. The fraction of sp³-hybridized carbons (Fsp3) is 0.444. The van der Waals surface area contributed by atoms with Gasteiger partial charge in [-0.2, -0.15) is 0 Å². The van der Waals surface area contributed by atoms with E-state index >= 15 is 0 Å². The van der Waals surface area contributed by atoms with Gasteiger partial charge < -0.3 is 10.4 Å². The number of aromatic nitrogens is 3. The Labute approximate surface area is 103 Å². The molecule has 2 N–H and O–H groups in total. The molecule has 0 radical (unpaired) electrons. The first-order valence-electron chi connectivity index (χ1n) is 5.24. The van der Waals surface area contributed by atoms with Gasteiger partial charge in [0.15, 0.2) is 15.5 Å². The molecule has 2 rings (SSSR count). The number of carboxylic acid groups (broad SMARTS) is 1. The second-order valence-corrected chi connectivity index (χ2v) is 5.82. The zero-order valence-corrected chi connectivity index (χ0v) is 10.2. The molecule has 0 amide bonds. The largest absolute Gasteiger partial charge is 0.476 e. The highest BCUT2D eigenvalue weighted by molar-refractivity contribution is 7.94. The van der Waals surface area contributed by atoms with E-state index in [1.54, 1.807) is 6.08 Å². The van der Waals surface area contributed by atoms with Crippen molar-refractivity contribution < 1.29 is 18.3 Å². The molecule has 1 aliphatic heterocycles. The van der Waals surface area contributed by atoms with E-state index in [4.69, 9.17) is 5.11 Å². The van der Waals surface area contributed by atoms with Gasteiger partial charge in [0.25, 0.3) is 0 Å². The van der Waals surface area contributed by atoms with E-state index in [2.05, 4.69) is 15.6 Å². The van der Waals surface area contributed by atoms with Crippen LogP contribution in [0.15, 0.2) is 17.7 Å². The smallest absolute Gasteiger partial charge is 0.358 e. The minimum Gasteiger partial charge on any atom is -0.476 e. The molecule has 0 bridgehead atoms. The van der Waals surface area contributed by atoms with Crippen LogP contribution in [-0.4, -0.2) is 52.8 Å². The van der Waals surface area contributed by atoms with Crippen molar-refractivity contribution in [3.63, 3.8) is 0 Å². The Morgan fingerprint density at radius 3 is 2.94 bits per heavy atom. The molecular weight excluding hydrogens is 260 g/mol. The predicted molar refractivity (Wildman–Crippen MR) is 61.7 cm³/mol. The monoisotopic (exact) mass is 272 g/mol. The highest BCUT2D eigenvalue weighted by Gasteiger charge is 2.20. The molecule has 1 atom stereocenters. The highest BCUT2D eigenvalue weighted by Crippen LogP contribution is 2.07. The summed E-state index contributed by atoms with van der Waals surface area (Å²) in [5.74, 6) is -1.07. The van der Waals surface area contributed by atoms with Crippen LogP contribution in [0.1, 0.15) is 10.5 Å². The molecule has 1 aromatic rings. The van der Waals surface area contributed by atoms with Crippen molar-refractivity contribution in [3.05, 3.63) is 23.4 Å². The molecule has 0 saturated carbocycles. The second-order valence-electron chi connectivity index (χ2n) is 3.89. The summed E-state index contributed by atoms with van der Waals surface area (Å²) in [6.45, 7) is 0.900. The van der Waals surface area contributed by atoms with Crippen LogP contribution in [0.2, 0.25) is 0 Å². The maximum Gasteiger partial charge on any atom is 0.358 e. The van der Waals surface area contributed by atoms with Crippen molar-refractivity contribution in [3.8, 4) is 0 Å². The Kier molecular flexibility index (Phi) is 3.43. The molecule has 9 heteroatoms. The van der Waals surface area contributed by atoms with Gasteiger partial charge in [-0.3, -0.25) is 4.68 Å². The van der Waals surface area contributed by atoms with Crippen molar-refractivity contribution in [2.24, 2.45) is 0 Å². The van der Waals surface area contributed by atoms with Crippen LogP contribution < -0.4 is 5.32 Å². The van der Waals surface area contributed by atoms with Gasteiger partial charge in [-0.1, -0.05) is 11.3 Å². The molecule has 1 aliphatic rings. The van der Waals surface area contributed by atoms with Crippen molar-refractivity contribution in [1.29, 1.82) is 0 Å². The lowest BCUT2D eigenvalue weighted by atomic mass is 10.3. The van der Waals surface area contributed by atoms with Crippen LogP contribution in [0.25, 0.3) is 0 Å². The molecule has 18 heavy (non-hydrogen) atoms. The second kappa shape index (κ2) is 4.86. The Morgan fingerprint density at radius 2 is 2.39 bits per heavy atom. The minimum absolute atomic E-state index is 0.0603. The molecule has 0 aliphatic carbocycles. The van der Waals surface area contributed by atoms with Crippen LogP contribution in [0.3, 0.4) is 0 Å². The Morgan fingerprint density at radius 1 is 1.61 bits per heavy atom. The Bertz CT molecular complexity index is 577. The summed E-state index contributed by atoms with van der Waals surface area (Å²) in [4.78, 5) is 10.6. The van der Waals surface area contributed by atoms with E-state index in [-0.39, 0.29) is 17.5 Å². The zero-order valence-electron chi connectivity index (χ0n) is 9.35. The molecule has 0 fully saturated rings. The number of sulfone groups is 1. The first kappa shape index (κ1) is 12.7. The third kappa shape index (κ3) is 3.14.